The Morgan fingerprint density at radius 1 is 1.24 bits per heavy atom. The number of benzene rings is 2. The number of aromatic nitrogens is 2. The van der Waals surface area contributed by atoms with E-state index in [1.807, 2.05) is 25.1 Å². The van der Waals surface area contributed by atoms with Crippen LogP contribution in [0.15, 0.2) is 36.4 Å². The van der Waals surface area contributed by atoms with Crippen LogP contribution in [0.2, 0.25) is 5.02 Å². The first-order valence-electron chi connectivity index (χ1n) is 6.57. The van der Waals surface area contributed by atoms with Gasteiger partial charge < -0.3 is 9.72 Å². The van der Waals surface area contributed by atoms with Crippen molar-refractivity contribution in [2.24, 2.45) is 0 Å². The molecule has 21 heavy (non-hydrogen) atoms. The molecule has 108 valence electrons. The second kappa shape index (κ2) is 5.37. The molecule has 0 saturated heterocycles. The lowest BCUT2D eigenvalue weighted by Crippen LogP contribution is -1.99. The van der Waals surface area contributed by atoms with Crippen LogP contribution in [0.5, 0.6) is 5.75 Å². The minimum absolute atomic E-state index is 0.0175. The molecule has 0 spiro atoms. The smallest absolute Gasteiger partial charge is 0.137 e. The topological polar surface area (TPSA) is 37.9 Å². The first-order chi connectivity index (χ1) is 10.1. The van der Waals surface area contributed by atoms with Gasteiger partial charge in [0.2, 0.25) is 0 Å². The van der Waals surface area contributed by atoms with E-state index < -0.39 is 0 Å². The summed E-state index contributed by atoms with van der Waals surface area (Å²) in [5.41, 5.74) is 2.45. The summed E-state index contributed by atoms with van der Waals surface area (Å²) in [6, 6.07) is 10.2. The molecule has 3 rings (SSSR count). The molecule has 0 amide bonds. The van der Waals surface area contributed by atoms with Crippen molar-refractivity contribution in [1.82, 2.24) is 9.97 Å². The Morgan fingerprint density at radius 3 is 2.76 bits per heavy atom. The molecule has 0 fully saturated rings. The van der Waals surface area contributed by atoms with Crippen molar-refractivity contribution in [3.8, 4) is 5.75 Å². The Labute approximate surface area is 126 Å². The number of nitrogens with one attached hydrogen (secondary N) is 1. The highest BCUT2D eigenvalue weighted by Crippen LogP contribution is 2.31. The predicted octanol–water partition coefficient (Wildman–Crippen LogP) is 4.52. The van der Waals surface area contributed by atoms with Crippen molar-refractivity contribution in [2.75, 3.05) is 7.11 Å². The number of ether oxygens (including phenoxy) is 1. The maximum atomic E-state index is 13.2. The van der Waals surface area contributed by atoms with Gasteiger partial charge in [-0.3, -0.25) is 0 Å². The van der Waals surface area contributed by atoms with E-state index >= 15 is 0 Å². The van der Waals surface area contributed by atoms with Crippen molar-refractivity contribution in [2.45, 2.75) is 12.8 Å². The fourth-order valence-electron chi connectivity index (χ4n) is 2.31. The van der Waals surface area contributed by atoms with Crippen molar-refractivity contribution < 1.29 is 9.13 Å². The molecule has 0 saturated carbocycles. The molecule has 5 heteroatoms. The fourth-order valence-corrected chi connectivity index (χ4v) is 2.58. The molecule has 3 aromatic rings. The molecule has 1 N–H and O–H groups in total. The van der Waals surface area contributed by atoms with E-state index in [4.69, 9.17) is 16.3 Å². The van der Waals surface area contributed by atoms with Gasteiger partial charge in [0.05, 0.1) is 23.2 Å². The maximum absolute atomic E-state index is 13.2. The zero-order valence-electron chi connectivity index (χ0n) is 11.7. The van der Waals surface area contributed by atoms with E-state index in [1.165, 1.54) is 12.1 Å². The number of hydrogen-bond donors (Lipinski definition) is 1. The molecular formula is C16H14ClFN2O. The van der Waals surface area contributed by atoms with Crippen LogP contribution in [0.25, 0.3) is 11.0 Å². The average Bonchev–Trinajstić information content (AvgIpc) is 2.89. The van der Waals surface area contributed by atoms with E-state index in [1.54, 1.807) is 13.2 Å². The van der Waals surface area contributed by atoms with Gasteiger partial charge in [-0.05, 0) is 29.8 Å². The van der Waals surface area contributed by atoms with Gasteiger partial charge in [0.1, 0.15) is 17.4 Å². The van der Waals surface area contributed by atoms with Gasteiger partial charge in [0.15, 0.2) is 0 Å². The van der Waals surface area contributed by atoms with Crippen LogP contribution < -0.4 is 4.74 Å². The summed E-state index contributed by atoms with van der Waals surface area (Å²) in [4.78, 5) is 7.67. The molecule has 1 atom stereocenters. The number of nitrogens with zero attached hydrogens (tertiary/aromatic N) is 1. The molecular weight excluding hydrogens is 291 g/mol. The van der Waals surface area contributed by atoms with E-state index in [2.05, 4.69) is 9.97 Å². The van der Waals surface area contributed by atoms with Crippen LogP contribution in [0, 0.1) is 5.82 Å². The van der Waals surface area contributed by atoms with Crippen LogP contribution in [-0.2, 0) is 0 Å². The number of halogens is 2. The summed E-state index contributed by atoms with van der Waals surface area (Å²) in [6.45, 7) is 2.02. The molecule has 1 heterocycles. The summed E-state index contributed by atoms with van der Waals surface area (Å²) in [6.07, 6.45) is 0. The van der Waals surface area contributed by atoms with Gasteiger partial charge >= 0.3 is 0 Å². The second-order valence-electron chi connectivity index (χ2n) is 4.90. The zero-order valence-corrected chi connectivity index (χ0v) is 12.4. The number of imidazole rings is 1. The van der Waals surface area contributed by atoms with Gasteiger partial charge in [-0.1, -0.05) is 24.6 Å². The monoisotopic (exact) mass is 304 g/mol. The molecule has 0 radical (unpaired) electrons. The highest BCUT2D eigenvalue weighted by molar-refractivity contribution is 6.32. The van der Waals surface area contributed by atoms with E-state index in [-0.39, 0.29) is 11.7 Å². The SMILES string of the molecule is COc1ccc(C(C)c2nc3cc(F)ccc3[nH]2)cc1Cl. The first-order valence-corrected chi connectivity index (χ1v) is 6.95. The number of rotatable bonds is 3. The van der Waals surface area contributed by atoms with Gasteiger partial charge in [-0.2, -0.15) is 0 Å². The molecule has 1 unspecified atom stereocenters. The Kier molecular flexibility index (Phi) is 3.55. The highest BCUT2D eigenvalue weighted by atomic mass is 35.5. The van der Waals surface area contributed by atoms with Crippen molar-refractivity contribution in [1.29, 1.82) is 0 Å². The third-order valence-electron chi connectivity index (χ3n) is 3.55. The summed E-state index contributed by atoms with van der Waals surface area (Å²) in [7, 11) is 1.58. The minimum Gasteiger partial charge on any atom is -0.495 e. The number of H-pyrrole nitrogens is 1. The van der Waals surface area contributed by atoms with Crippen LogP contribution >= 0.6 is 11.6 Å². The van der Waals surface area contributed by atoms with Crippen LogP contribution in [0.1, 0.15) is 24.2 Å². The van der Waals surface area contributed by atoms with Gasteiger partial charge in [0.25, 0.3) is 0 Å². The Balaban J connectivity index is 1.99. The van der Waals surface area contributed by atoms with Crippen molar-refractivity contribution in [3.63, 3.8) is 0 Å². The zero-order chi connectivity index (χ0) is 15.0. The summed E-state index contributed by atoms with van der Waals surface area (Å²) >= 11 is 6.16. The first kappa shape index (κ1) is 13.9. The lowest BCUT2D eigenvalue weighted by molar-refractivity contribution is 0.415. The Bertz CT molecular complexity index is 800. The van der Waals surface area contributed by atoms with Crippen molar-refractivity contribution in [3.05, 3.63) is 58.6 Å². The molecule has 0 aliphatic heterocycles. The number of aromatic amines is 1. The molecule has 0 aliphatic carbocycles. The normalized spacial score (nSPS) is 12.6. The molecule has 1 aromatic heterocycles. The van der Waals surface area contributed by atoms with Gasteiger partial charge in [-0.15, -0.1) is 0 Å². The second-order valence-corrected chi connectivity index (χ2v) is 5.31. The average molecular weight is 305 g/mol. The van der Waals surface area contributed by atoms with E-state index in [9.17, 15) is 4.39 Å². The molecule has 3 nitrogen and oxygen atoms in total. The van der Waals surface area contributed by atoms with E-state index in [0.717, 1.165) is 16.9 Å². The Morgan fingerprint density at radius 2 is 2.05 bits per heavy atom. The minimum atomic E-state index is -0.291. The largest absolute Gasteiger partial charge is 0.495 e. The quantitative estimate of drug-likeness (QED) is 0.772. The number of methoxy groups -OCH3 is 1. The van der Waals surface area contributed by atoms with Crippen LogP contribution in [-0.4, -0.2) is 17.1 Å². The number of hydrogen-bond acceptors (Lipinski definition) is 2. The van der Waals surface area contributed by atoms with Gasteiger partial charge in [-0.25, -0.2) is 9.37 Å². The van der Waals surface area contributed by atoms with Crippen LogP contribution in [0.3, 0.4) is 0 Å². The molecule has 0 aliphatic rings. The lowest BCUT2D eigenvalue weighted by Gasteiger charge is -2.11. The fraction of sp³-hybridized carbons (Fsp3) is 0.188. The van der Waals surface area contributed by atoms with Crippen molar-refractivity contribution >= 4 is 22.6 Å². The highest BCUT2D eigenvalue weighted by Gasteiger charge is 2.15. The summed E-state index contributed by atoms with van der Waals surface area (Å²) in [5, 5.41) is 0.559. The number of fused-ring (bicyclic) bond motifs is 1. The third-order valence-corrected chi connectivity index (χ3v) is 3.84. The van der Waals surface area contributed by atoms with Gasteiger partial charge in [0, 0.05) is 12.0 Å². The lowest BCUT2D eigenvalue weighted by atomic mass is 10.0. The maximum Gasteiger partial charge on any atom is 0.137 e. The molecule has 2 aromatic carbocycles. The summed E-state index contributed by atoms with van der Waals surface area (Å²) < 4.78 is 18.4. The molecule has 0 bridgehead atoms. The summed E-state index contributed by atoms with van der Waals surface area (Å²) in [5.74, 6) is 1.14. The Hall–Kier alpha value is -2.07. The standard InChI is InChI=1S/C16H14ClFN2O/c1-9(10-3-6-15(21-2)12(17)7-10)16-19-13-5-4-11(18)8-14(13)20-16/h3-9H,1-2H3,(H,19,20). The predicted molar refractivity (Wildman–Crippen MR) is 81.6 cm³/mol. The van der Waals surface area contributed by atoms with E-state index in [0.29, 0.717) is 16.3 Å². The third kappa shape index (κ3) is 2.59. The van der Waals surface area contributed by atoms with Crippen LogP contribution in [0.4, 0.5) is 4.39 Å².